The lowest BCUT2D eigenvalue weighted by Gasteiger charge is -2.23. The first-order valence-corrected chi connectivity index (χ1v) is 8.37. The van der Waals surface area contributed by atoms with Gasteiger partial charge in [0.25, 0.3) is 0 Å². The predicted octanol–water partition coefficient (Wildman–Crippen LogP) is 1.12. The van der Waals surface area contributed by atoms with Gasteiger partial charge >= 0.3 is 0 Å². The van der Waals surface area contributed by atoms with Crippen LogP contribution in [0.1, 0.15) is 27.2 Å². The fraction of sp³-hybridized carbons (Fsp3) is 0.667. The maximum absolute atomic E-state index is 11.6. The number of nitrogens with two attached hydrogens (primary N) is 1. The normalized spacial score (nSPS) is 12.2. The molecule has 0 radical (unpaired) electrons. The lowest BCUT2D eigenvalue weighted by atomic mass is 10.2. The number of nitrogens with zero attached hydrogens (tertiary/aromatic N) is 2. The van der Waals surface area contributed by atoms with Crippen molar-refractivity contribution in [1.29, 1.82) is 0 Å². The monoisotopic (exact) mass is 301 g/mol. The highest BCUT2D eigenvalue weighted by Gasteiger charge is 2.29. The number of sulfone groups is 1. The first-order chi connectivity index (χ1) is 9.15. The maximum atomic E-state index is 11.6. The summed E-state index contributed by atoms with van der Waals surface area (Å²) >= 11 is 0. The summed E-state index contributed by atoms with van der Waals surface area (Å²) in [6.07, 6.45) is 2.19. The third-order valence-electron chi connectivity index (χ3n) is 3.00. The van der Waals surface area contributed by atoms with Gasteiger partial charge in [-0.1, -0.05) is 6.92 Å². The summed E-state index contributed by atoms with van der Waals surface area (Å²) in [5.74, 6) is 1.28. The molecule has 8 heteroatoms. The van der Waals surface area contributed by atoms with Crippen molar-refractivity contribution in [2.75, 3.05) is 35.7 Å². The van der Waals surface area contributed by atoms with Gasteiger partial charge in [-0.25, -0.2) is 8.42 Å². The third kappa shape index (κ3) is 4.52. The van der Waals surface area contributed by atoms with Crippen molar-refractivity contribution in [3.8, 4) is 0 Å². The lowest BCUT2D eigenvalue weighted by molar-refractivity contribution is 0.559. The van der Waals surface area contributed by atoms with Gasteiger partial charge in [0.05, 0.1) is 4.75 Å². The number of hydrogen-bond donors (Lipinski definition) is 3. The van der Waals surface area contributed by atoms with Crippen molar-refractivity contribution in [3.63, 3.8) is 0 Å². The van der Waals surface area contributed by atoms with E-state index in [1.165, 1.54) is 6.26 Å². The summed E-state index contributed by atoms with van der Waals surface area (Å²) in [4.78, 5) is 8.11. The van der Waals surface area contributed by atoms with Gasteiger partial charge in [-0.05, 0) is 20.3 Å². The van der Waals surface area contributed by atoms with Crippen molar-refractivity contribution >= 4 is 27.4 Å². The zero-order valence-electron chi connectivity index (χ0n) is 12.4. The van der Waals surface area contributed by atoms with Crippen LogP contribution in [-0.2, 0) is 9.84 Å². The molecule has 0 aliphatic carbocycles. The highest BCUT2D eigenvalue weighted by atomic mass is 32.2. The van der Waals surface area contributed by atoms with Crippen molar-refractivity contribution in [2.45, 2.75) is 31.9 Å². The van der Waals surface area contributed by atoms with Gasteiger partial charge < -0.3 is 16.4 Å². The van der Waals surface area contributed by atoms with Crippen LogP contribution >= 0.6 is 0 Å². The number of nitrogen functional groups attached to an aromatic ring is 1. The van der Waals surface area contributed by atoms with Crippen LogP contribution < -0.4 is 16.4 Å². The highest BCUT2D eigenvalue weighted by Crippen LogP contribution is 2.18. The highest BCUT2D eigenvalue weighted by molar-refractivity contribution is 7.92. The summed E-state index contributed by atoms with van der Waals surface area (Å²) in [7, 11) is -3.16. The van der Waals surface area contributed by atoms with Crippen molar-refractivity contribution < 1.29 is 8.42 Å². The van der Waals surface area contributed by atoms with Gasteiger partial charge in [-0.2, -0.15) is 9.97 Å². The van der Waals surface area contributed by atoms with E-state index in [-0.39, 0.29) is 12.5 Å². The Morgan fingerprint density at radius 1 is 1.25 bits per heavy atom. The van der Waals surface area contributed by atoms with E-state index in [1.807, 2.05) is 6.92 Å². The molecule has 1 heterocycles. The fourth-order valence-electron chi connectivity index (χ4n) is 1.33. The van der Waals surface area contributed by atoms with Crippen LogP contribution in [0.3, 0.4) is 0 Å². The Morgan fingerprint density at radius 3 is 2.30 bits per heavy atom. The molecule has 0 atom stereocenters. The summed E-state index contributed by atoms with van der Waals surface area (Å²) in [6.45, 7) is 6.40. The average Bonchev–Trinajstić information content (AvgIpc) is 2.32. The van der Waals surface area contributed by atoms with E-state index < -0.39 is 14.6 Å². The van der Waals surface area contributed by atoms with Gasteiger partial charge in [0.15, 0.2) is 9.84 Å². The molecule has 0 aliphatic rings. The third-order valence-corrected chi connectivity index (χ3v) is 5.15. The molecule has 0 bridgehead atoms. The fourth-order valence-corrected chi connectivity index (χ4v) is 1.67. The van der Waals surface area contributed by atoms with Crippen LogP contribution in [0.25, 0.3) is 0 Å². The molecule has 20 heavy (non-hydrogen) atoms. The Hall–Kier alpha value is -1.57. The number of nitrogens with one attached hydrogen (secondary N) is 2. The smallest absolute Gasteiger partial charge is 0.223 e. The number of rotatable bonds is 7. The summed E-state index contributed by atoms with van der Waals surface area (Å²) in [5, 5.41) is 6.11. The van der Waals surface area contributed by atoms with Gasteiger partial charge in [0.2, 0.25) is 5.95 Å². The topological polar surface area (TPSA) is 110 Å². The minimum Gasteiger partial charge on any atom is -0.370 e. The van der Waals surface area contributed by atoms with Crippen molar-refractivity contribution in [3.05, 3.63) is 6.07 Å². The zero-order valence-corrected chi connectivity index (χ0v) is 13.2. The Balaban J connectivity index is 2.80. The molecular weight excluding hydrogens is 278 g/mol. The molecule has 1 rings (SSSR count). The minimum atomic E-state index is -3.16. The van der Waals surface area contributed by atoms with Crippen LogP contribution in [0, 0.1) is 0 Å². The van der Waals surface area contributed by atoms with E-state index in [0.29, 0.717) is 11.6 Å². The van der Waals surface area contributed by atoms with Crippen molar-refractivity contribution in [1.82, 2.24) is 9.97 Å². The van der Waals surface area contributed by atoms with E-state index in [1.54, 1.807) is 19.9 Å². The van der Waals surface area contributed by atoms with Crippen LogP contribution in [0.2, 0.25) is 0 Å². The van der Waals surface area contributed by atoms with E-state index >= 15 is 0 Å². The standard InChI is InChI=1S/C12H23N5O2S/c1-5-6-14-9-7-10(17-11(13)16-9)15-8-12(2,3)20(4,18)19/h7H,5-6,8H2,1-4H3,(H4,13,14,15,16,17). The molecular formula is C12H23N5O2S. The Labute approximate surface area is 120 Å². The molecule has 0 unspecified atom stereocenters. The molecule has 0 saturated carbocycles. The van der Waals surface area contributed by atoms with Gasteiger partial charge in [-0.15, -0.1) is 0 Å². The van der Waals surface area contributed by atoms with E-state index in [0.717, 1.165) is 13.0 Å². The molecule has 0 saturated heterocycles. The molecule has 7 nitrogen and oxygen atoms in total. The van der Waals surface area contributed by atoms with Gasteiger partial charge in [0.1, 0.15) is 11.6 Å². The second-order valence-electron chi connectivity index (χ2n) is 5.31. The number of anilines is 3. The zero-order chi connectivity index (χ0) is 15.4. The second kappa shape index (κ2) is 6.25. The quantitative estimate of drug-likeness (QED) is 0.692. The van der Waals surface area contributed by atoms with Crippen LogP contribution in [-0.4, -0.2) is 42.5 Å². The van der Waals surface area contributed by atoms with Crippen LogP contribution in [0.15, 0.2) is 6.07 Å². The molecule has 1 aromatic rings. The maximum Gasteiger partial charge on any atom is 0.223 e. The van der Waals surface area contributed by atoms with Crippen LogP contribution in [0.5, 0.6) is 0 Å². The van der Waals surface area contributed by atoms with Gasteiger partial charge in [0, 0.05) is 25.4 Å². The molecule has 1 aromatic heterocycles. The number of hydrogen-bond acceptors (Lipinski definition) is 7. The lowest BCUT2D eigenvalue weighted by Crippen LogP contribution is -2.38. The molecule has 4 N–H and O–H groups in total. The first kappa shape index (κ1) is 16.5. The Bertz CT molecular complexity index is 557. The van der Waals surface area contributed by atoms with Gasteiger partial charge in [-0.3, -0.25) is 0 Å². The Morgan fingerprint density at radius 2 is 1.80 bits per heavy atom. The second-order valence-corrected chi connectivity index (χ2v) is 7.96. The van der Waals surface area contributed by atoms with Crippen molar-refractivity contribution in [2.24, 2.45) is 0 Å². The minimum absolute atomic E-state index is 0.144. The Kier molecular flexibility index (Phi) is 5.15. The molecule has 114 valence electrons. The average molecular weight is 301 g/mol. The molecule has 0 fully saturated rings. The largest absolute Gasteiger partial charge is 0.370 e. The number of aromatic nitrogens is 2. The summed E-state index contributed by atoms with van der Waals surface area (Å²) in [6, 6.07) is 1.71. The molecule has 0 amide bonds. The van der Waals surface area contributed by atoms with E-state index in [9.17, 15) is 8.42 Å². The summed E-state index contributed by atoms with van der Waals surface area (Å²) in [5.41, 5.74) is 5.64. The first-order valence-electron chi connectivity index (χ1n) is 6.47. The molecule has 0 aliphatic heterocycles. The van der Waals surface area contributed by atoms with Crippen LogP contribution in [0.4, 0.5) is 17.6 Å². The molecule has 0 spiro atoms. The predicted molar refractivity (Wildman–Crippen MR) is 82.6 cm³/mol. The molecule has 0 aromatic carbocycles. The summed E-state index contributed by atoms with van der Waals surface area (Å²) < 4.78 is 22.4. The van der Waals surface area contributed by atoms with E-state index in [4.69, 9.17) is 5.73 Å². The SMILES string of the molecule is CCCNc1cc(NCC(C)(C)S(C)(=O)=O)nc(N)n1. The van der Waals surface area contributed by atoms with E-state index in [2.05, 4.69) is 20.6 Å².